The number of aryl methyl sites for hydroxylation is 1. The molecular formula is C20H20N2O5. The highest BCUT2D eigenvalue weighted by Crippen LogP contribution is 2.19. The Labute approximate surface area is 156 Å². The van der Waals surface area contributed by atoms with Gasteiger partial charge in [0, 0.05) is 18.2 Å². The summed E-state index contributed by atoms with van der Waals surface area (Å²) < 4.78 is 5.49. The van der Waals surface area contributed by atoms with Crippen molar-refractivity contribution < 1.29 is 24.3 Å². The number of nitrogens with one attached hydrogen (secondary N) is 1. The van der Waals surface area contributed by atoms with Crippen LogP contribution in [0.4, 0.5) is 0 Å². The molecule has 0 aliphatic rings. The van der Waals surface area contributed by atoms with Gasteiger partial charge in [-0.15, -0.1) is 0 Å². The summed E-state index contributed by atoms with van der Waals surface area (Å²) in [6.45, 7) is 3.22. The van der Waals surface area contributed by atoms with Crippen molar-refractivity contribution in [2.24, 2.45) is 5.16 Å². The van der Waals surface area contributed by atoms with Gasteiger partial charge in [0.25, 0.3) is 5.90 Å². The van der Waals surface area contributed by atoms with Gasteiger partial charge in [-0.05, 0) is 55.3 Å². The van der Waals surface area contributed by atoms with E-state index < -0.39 is 5.97 Å². The van der Waals surface area contributed by atoms with Crippen LogP contribution < -0.4 is 4.74 Å². The number of carbonyl (C=O) groups is 2. The van der Waals surface area contributed by atoms with Crippen molar-refractivity contribution in [2.75, 3.05) is 6.61 Å². The van der Waals surface area contributed by atoms with Gasteiger partial charge in [-0.2, -0.15) is 0 Å². The maximum Gasteiger partial charge on any atom is 0.335 e. The molecule has 0 amide bonds. The van der Waals surface area contributed by atoms with Crippen LogP contribution in [0.15, 0.2) is 47.6 Å². The zero-order valence-corrected chi connectivity index (χ0v) is 15.1. The first-order valence-electron chi connectivity index (χ1n) is 8.19. The van der Waals surface area contributed by atoms with Crippen molar-refractivity contribution in [1.29, 1.82) is 5.41 Å². The van der Waals surface area contributed by atoms with Crippen molar-refractivity contribution in [3.63, 3.8) is 0 Å². The number of rotatable bonds is 8. The molecule has 2 aromatic carbocycles. The minimum Gasteiger partial charge on any atom is -0.484 e. The first-order valence-corrected chi connectivity index (χ1v) is 8.19. The van der Waals surface area contributed by atoms with E-state index >= 15 is 0 Å². The normalized spacial score (nSPS) is 10.6. The summed E-state index contributed by atoms with van der Waals surface area (Å²) in [6.07, 6.45) is 1.93. The average Bonchev–Trinajstić information content (AvgIpc) is 2.64. The van der Waals surface area contributed by atoms with Crippen LogP contribution >= 0.6 is 0 Å². The number of ketones is 1. The summed E-state index contributed by atoms with van der Waals surface area (Å²) in [4.78, 5) is 27.0. The van der Waals surface area contributed by atoms with Gasteiger partial charge in [-0.3, -0.25) is 10.2 Å². The van der Waals surface area contributed by atoms with E-state index in [1.54, 1.807) is 30.3 Å². The zero-order chi connectivity index (χ0) is 19.8. The highest BCUT2D eigenvalue weighted by molar-refractivity contribution is 5.94. The molecule has 140 valence electrons. The SMILES string of the molecule is CC(=O)c1ccc(OCC(=N)O/N=C/Cc2ccc(C(=O)O)cc2)c(C)c1. The number of oxime groups is 1. The third-order valence-corrected chi connectivity index (χ3v) is 3.71. The second kappa shape index (κ2) is 9.28. The molecule has 0 saturated carbocycles. The van der Waals surface area contributed by atoms with E-state index in [0.29, 0.717) is 17.7 Å². The molecule has 2 rings (SSSR count). The van der Waals surface area contributed by atoms with Gasteiger partial charge in [0.15, 0.2) is 12.4 Å². The van der Waals surface area contributed by atoms with E-state index in [1.165, 1.54) is 25.3 Å². The van der Waals surface area contributed by atoms with Crippen LogP contribution in [-0.4, -0.2) is 35.6 Å². The predicted octanol–water partition coefficient (Wildman–Crippen LogP) is 3.50. The highest BCUT2D eigenvalue weighted by Gasteiger charge is 2.06. The van der Waals surface area contributed by atoms with Gasteiger partial charge in [0.05, 0.1) is 5.56 Å². The van der Waals surface area contributed by atoms with Crippen LogP contribution in [0.2, 0.25) is 0 Å². The summed E-state index contributed by atoms with van der Waals surface area (Å²) >= 11 is 0. The molecule has 0 spiro atoms. The van der Waals surface area contributed by atoms with Crippen LogP contribution in [0.25, 0.3) is 0 Å². The lowest BCUT2D eigenvalue weighted by atomic mass is 10.1. The Morgan fingerprint density at radius 1 is 1.15 bits per heavy atom. The molecule has 0 bridgehead atoms. The number of hydrogen-bond acceptors (Lipinski definition) is 6. The molecule has 2 aromatic rings. The van der Waals surface area contributed by atoms with E-state index in [1.807, 2.05) is 6.92 Å². The van der Waals surface area contributed by atoms with E-state index in [0.717, 1.165) is 11.1 Å². The quantitative estimate of drug-likeness (QED) is 0.321. The van der Waals surface area contributed by atoms with Crippen molar-refractivity contribution in [1.82, 2.24) is 0 Å². The maximum absolute atomic E-state index is 11.3. The molecule has 0 saturated heterocycles. The van der Waals surface area contributed by atoms with E-state index in [4.69, 9.17) is 20.1 Å². The lowest BCUT2D eigenvalue weighted by molar-refractivity contribution is 0.0696. The summed E-state index contributed by atoms with van der Waals surface area (Å²) in [5.41, 5.74) is 2.49. The van der Waals surface area contributed by atoms with Crippen LogP contribution in [0, 0.1) is 12.3 Å². The molecule has 7 heteroatoms. The molecule has 0 radical (unpaired) electrons. The highest BCUT2D eigenvalue weighted by atomic mass is 16.6. The second-order valence-corrected chi connectivity index (χ2v) is 5.83. The van der Waals surface area contributed by atoms with Crippen molar-refractivity contribution in [3.05, 3.63) is 64.7 Å². The zero-order valence-electron chi connectivity index (χ0n) is 15.1. The molecule has 27 heavy (non-hydrogen) atoms. The van der Waals surface area contributed by atoms with E-state index in [2.05, 4.69) is 5.16 Å². The number of aromatic carboxylic acids is 1. The Kier molecular flexibility index (Phi) is 6.82. The number of carboxylic acids is 1. The fraction of sp³-hybridized carbons (Fsp3) is 0.200. The lowest BCUT2D eigenvalue weighted by Gasteiger charge is -2.09. The smallest absolute Gasteiger partial charge is 0.335 e. The number of hydrogen-bond donors (Lipinski definition) is 2. The molecule has 0 fully saturated rings. The van der Waals surface area contributed by atoms with Gasteiger partial charge < -0.3 is 14.7 Å². The fourth-order valence-electron chi connectivity index (χ4n) is 2.23. The Bertz CT molecular complexity index is 872. The van der Waals surface area contributed by atoms with E-state index in [-0.39, 0.29) is 23.9 Å². The minimum atomic E-state index is -0.974. The third kappa shape index (κ3) is 6.07. The Morgan fingerprint density at radius 2 is 1.81 bits per heavy atom. The summed E-state index contributed by atoms with van der Waals surface area (Å²) in [7, 11) is 0. The van der Waals surface area contributed by atoms with Crippen LogP contribution in [0.5, 0.6) is 5.75 Å². The molecule has 0 heterocycles. The van der Waals surface area contributed by atoms with Crippen molar-refractivity contribution in [2.45, 2.75) is 20.3 Å². The van der Waals surface area contributed by atoms with Crippen molar-refractivity contribution in [3.8, 4) is 5.75 Å². The molecule has 0 aliphatic carbocycles. The van der Waals surface area contributed by atoms with Crippen LogP contribution in [-0.2, 0) is 11.3 Å². The number of carboxylic acid groups (broad SMARTS) is 1. The standard InChI is InChI=1S/C20H20N2O5/c1-13-11-17(14(2)23)7-8-18(13)26-12-19(21)27-22-10-9-15-3-5-16(6-4-15)20(24)25/h3-8,10-11,21H,9,12H2,1-2H3,(H,24,25)/b21-19?,22-10+. The van der Waals surface area contributed by atoms with Crippen LogP contribution in [0.1, 0.15) is 38.8 Å². The monoisotopic (exact) mass is 368 g/mol. The summed E-state index contributed by atoms with van der Waals surface area (Å²) in [5, 5.41) is 20.2. The third-order valence-electron chi connectivity index (χ3n) is 3.71. The molecular weight excluding hydrogens is 348 g/mol. The molecule has 7 nitrogen and oxygen atoms in total. The molecule has 2 N–H and O–H groups in total. The largest absolute Gasteiger partial charge is 0.484 e. The molecule has 0 aliphatic heterocycles. The maximum atomic E-state index is 11.3. The van der Waals surface area contributed by atoms with Gasteiger partial charge in [0.1, 0.15) is 5.75 Å². The lowest BCUT2D eigenvalue weighted by Crippen LogP contribution is -2.12. The number of Topliss-reactive ketones (excluding diaryl/α,β-unsaturated/α-hetero) is 1. The molecule has 0 atom stereocenters. The number of ether oxygens (including phenoxy) is 1. The number of nitrogens with zero attached hydrogens (tertiary/aromatic N) is 1. The van der Waals surface area contributed by atoms with Gasteiger partial charge in [-0.25, -0.2) is 4.79 Å². The summed E-state index contributed by atoms with van der Waals surface area (Å²) in [6, 6.07) is 11.5. The van der Waals surface area contributed by atoms with Crippen LogP contribution in [0.3, 0.4) is 0 Å². The number of benzene rings is 2. The summed E-state index contributed by atoms with van der Waals surface area (Å²) in [5.74, 6) is -0.593. The Morgan fingerprint density at radius 3 is 2.41 bits per heavy atom. The second-order valence-electron chi connectivity index (χ2n) is 5.83. The Hall–Kier alpha value is -3.48. The first kappa shape index (κ1) is 19.8. The van der Waals surface area contributed by atoms with Crippen molar-refractivity contribution >= 4 is 23.9 Å². The van der Waals surface area contributed by atoms with Gasteiger partial charge in [-0.1, -0.05) is 17.3 Å². The minimum absolute atomic E-state index is 0.0207. The predicted molar refractivity (Wildman–Crippen MR) is 101 cm³/mol. The number of carbonyl (C=O) groups excluding carboxylic acids is 1. The first-order chi connectivity index (χ1) is 12.9. The van der Waals surface area contributed by atoms with E-state index in [9.17, 15) is 9.59 Å². The van der Waals surface area contributed by atoms with Gasteiger partial charge >= 0.3 is 5.97 Å². The fourth-order valence-corrected chi connectivity index (χ4v) is 2.23. The molecule has 0 aromatic heterocycles. The average molecular weight is 368 g/mol. The topological polar surface area (TPSA) is 109 Å². The van der Waals surface area contributed by atoms with Gasteiger partial charge in [0.2, 0.25) is 0 Å². The Balaban J connectivity index is 1.78. The molecule has 0 unspecified atom stereocenters.